The maximum Gasteiger partial charge on any atom is 0.250 e. The van der Waals surface area contributed by atoms with Crippen molar-refractivity contribution in [1.82, 2.24) is 9.80 Å². The van der Waals surface area contributed by atoms with Gasteiger partial charge in [-0.15, -0.1) is 0 Å². The first-order valence-corrected chi connectivity index (χ1v) is 11.9. The normalized spacial score (nSPS) is 23.1. The molecule has 7 heteroatoms. The van der Waals surface area contributed by atoms with Crippen LogP contribution < -0.4 is 14.2 Å². The summed E-state index contributed by atoms with van der Waals surface area (Å²) in [5.41, 5.74) is 1.62. The number of hydrogen-bond acceptors (Lipinski definition) is 5. The van der Waals surface area contributed by atoms with Gasteiger partial charge in [-0.05, 0) is 67.0 Å². The number of rotatable bonds is 7. The molecule has 4 rings (SSSR count). The molecule has 2 aliphatic rings. The van der Waals surface area contributed by atoms with E-state index < -0.39 is 6.04 Å². The van der Waals surface area contributed by atoms with Gasteiger partial charge in [0.05, 0.1) is 21.3 Å². The fourth-order valence-electron chi connectivity index (χ4n) is 5.10. The summed E-state index contributed by atoms with van der Waals surface area (Å²) in [6.07, 6.45) is 4.04. The molecule has 2 aromatic rings. The van der Waals surface area contributed by atoms with Gasteiger partial charge in [0.15, 0.2) is 11.5 Å². The molecule has 2 amide bonds. The SMILES string of the molecule is COc1cccc(CN2C(=O)CN(C3CCC(C)CC3)C(=O)C2c2ccc(OC)c(OC)c2)c1. The topological polar surface area (TPSA) is 68.3 Å². The fraction of sp³-hybridized carbons (Fsp3) is 0.481. The molecule has 1 atom stereocenters. The first-order chi connectivity index (χ1) is 16.4. The van der Waals surface area contributed by atoms with Gasteiger partial charge < -0.3 is 24.0 Å². The number of carbonyl (C=O) groups excluding carboxylic acids is 2. The molecule has 0 aromatic heterocycles. The summed E-state index contributed by atoms with van der Waals surface area (Å²) in [4.78, 5) is 31.0. The second-order valence-electron chi connectivity index (χ2n) is 9.27. The van der Waals surface area contributed by atoms with Gasteiger partial charge in [0.1, 0.15) is 18.3 Å². The van der Waals surface area contributed by atoms with E-state index in [-0.39, 0.29) is 24.4 Å². The number of nitrogens with zero attached hydrogens (tertiary/aromatic N) is 2. The van der Waals surface area contributed by atoms with Gasteiger partial charge in [0.2, 0.25) is 5.91 Å². The quantitative estimate of drug-likeness (QED) is 0.612. The second-order valence-corrected chi connectivity index (χ2v) is 9.27. The van der Waals surface area contributed by atoms with E-state index in [1.54, 1.807) is 38.4 Å². The summed E-state index contributed by atoms with van der Waals surface area (Å²) in [5, 5.41) is 0. The van der Waals surface area contributed by atoms with E-state index in [0.717, 1.165) is 31.2 Å². The van der Waals surface area contributed by atoms with Crippen molar-refractivity contribution >= 4 is 11.8 Å². The molecular formula is C27H34N2O5. The van der Waals surface area contributed by atoms with Gasteiger partial charge in [-0.3, -0.25) is 9.59 Å². The van der Waals surface area contributed by atoms with Gasteiger partial charge in [-0.25, -0.2) is 0 Å². The van der Waals surface area contributed by atoms with Crippen LogP contribution in [0.25, 0.3) is 0 Å². The first kappa shape index (κ1) is 23.9. The Kier molecular flexibility index (Phi) is 7.29. The summed E-state index contributed by atoms with van der Waals surface area (Å²) in [6, 6.07) is 12.4. The van der Waals surface area contributed by atoms with Crippen LogP contribution >= 0.6 is 0 Å². The van der Waals surface area contributed by atoms with Crippen molar-refractivity contribution in [3.8, 4) is 17.2 Å². The lowest BCUT2D eigenvalue weighted by Crippen LogP contribution is -2.58. The third-order valence-corrected chi connectivity index (χ3v) is 7.09. The van der Waals surface area contributed by atoms with E-state index in [9.17, 15) is 9.59 Å². The lowest BCUT2D eigenvalue weighted by Gasteiger charge is -2.45. The number of methoxy groups -OCH3 is 3. The van der Waals surface area contributed by atoms with Crippen molar-refractivity contribution in [3.63, 3.8) is 0 Å². The fourth-order valence-corrected chi connectivity index (χ4v) is 5.10. The van der Waals surface area contributed by atoms with Crippen molar-refractivity contribution in [2.45, 2.75) is 51.2 Å². The average Bonchev–Trinajstić information content (AvgIpc) is 2.86. The molecular weight excluding hydrogens is 432 g/mol. The molecule has 1 aliphatic heterocycles. The van der Waals surface area contributed by atoms with Crippen molar-refractivity contribution < 1.29 is 23.8 Å². The molecule has 2 aromatic carbocycles. The van der Waals surface area contributed by atoms with Crippen LogP contribution in [-0.2, 0) is 16.1 Å². The third-order valence-electron chi connectivity index (χ3n) is 7.09. The third kappa shape index (κ3) is 4.83. The van der Waals surface area contributed by atoms with Crippen LogP contribution in [0.2, 0.25) is 0 Å². The predicted octanol–water partition coefficient (Wildman–Crippen LogP) is 4.20. The Morgan fingerprint density at radius 1 is 0.882 bits per heavy atom. The van der Waals surface area contributed by atoms with E-state index in [2.05, 4.69) is 6.92 Å². The molecule has 1 heterocycles. The molecule has 1 aliphatic carbocycles. The molecule has 1 saturated carbocycles. The van der Waals surface area contributed by atoms with E-state index in [1.807, 2.05) is 35.2 Å². The van der Waals surface area contributed by atoms with Crippen LogP contribution in [0.4, 0.5) is 0 Å². The van der Waals surface area contributed by atoms with Crippen LogP contribution in [-0.4, -0.2) is 55.5 Å². The van der Waals surface area contributed by atoms with Gasteiger partial charge in [-0.2, -0.15) is 0 Å². The molecule has 0 N–H and O–H groups in total. The molecule has 34 heavy (non-hydrogen) atoms. The van der Waals surface area contributed by atoms with E-state index in [4.69, 9.17) is 14.2 Å². The molecule has 182 valence electrons. The van der Waals surface area contributed by atoms with Gasteiger partial charge in [0.25, 0.3) is 5.91 Å². The maximum atomic E-state index is 14.0. The molecule has 7 nitrogen and oxygen atoms in total. The van der Waals surface area contributed by atoms with Gasteiger partial charge >= 0.3 is 0 Å². The highest BCUT2D eigenvalue weighted by Gasteiger charge is 2.43. The number of amides is 2. The lowest BCUT2D eigenvalue weighted by molar-refractivity contribution is -0.160. The maximum absolute atomic E-state index is 14.0. The van der Waals surface area contributed by atoms with Crippen LogP contribution in [0.5, 0.6) is 17.2 Å². The molecule has 1 unspecified atom stereocenters. The largest absolute Gasteiger partial charge is 0.497 e. The number of hydrogen-bond donors (Lipinski definition) is 0. The Labute approximate surface area is 201 Å². The number of benzene rings is 2. The Hall–Kier alpha value is -3.22. The van der Waals surface area contributed by atoms with Crippen molar-refractivity contribution in [3.05, 3.63) is 53.6 Å². The summed E-state index contributed by atoms with van der Waals surface area (Å²) in [7, 11) is 4.76. The van der Waals surface area contributed by atoms with Crippen LogP contribution in [0, 0.1) is 5.92 Å². The Morgan fingerprint density at radius 2 is 1.62 bits per heavy atom. The first-order valence-electron chi connectivity index (χ1n) is 11.9. The highest BCUT2D eigenvalue weighted by molar-refractivity contribution is 5.96. The summed E-state index contributed by atoms with van der Waals surface area (Å²) < 4.78 is 16.2. The van der Waals surface area contributed by atoms with E-state index in [1.165, 1.54) is 0 Å². The van der Waals surface area contributed by atoms with Crippen LogP contribution in [0.3, 0.4) is 0 Å². The Morgan fingerprint density at radius 3 is 2.29 bits per heavy atom. The average molecular weight is 467 g/mol. The summed E-state index contributed by atoms with van der Waals surface area (Å²) in [5.74, 6) is 2.41. The zero-order valence-corrected chi connectivity index (χ0v) is 20.5. The predicted molar refractivity (Wildman–Crippen MR) is 129 cm³/mol. The second kappa shape index (κ2) is 10.4. The van der Waals surface area contributed by atoms with E-state index >= 15 is 0 Å². The van der Waals surface area contributed by atoms with Crippen molar-refractivity contribution in [2.75, 3.05) is 27.9 Å². The zero-order chi connectivity index (χ0) is 24.2. The number of ether oxygens (including phenoxy) is 3. The highest BCUT2D eigenvalue weighted by Crippen LogP contribution is 2.37. The Balaban J connectivity index is 1.70. The van der Waals surface area contributed by atoms with Crippen LogP contribution in [0.1, 0.15) is 49.8 Å². The Bertz CT molecular complexity index is 1030. The van der Waals surface area contributed by atoms with Gasteiger partial charge in [0, 0.05) is 12.6 Å². The minimum absolute atomic E-state index is 0.0331. The molecule has 1 saturated heterocycles. The van der Waals surface area contributed by atoms with Crippen LogP contribution in [0.15, 0.2) is 42.5 Å². The minimum atomic E-state index is -0.730. The molecule has 0 radical (unpaired) electrons. The smallest absolute Gasteiger partial charge is 0.250 e. The summed E-state index contributed by atoms with van der Waals surface area (Å²) >= 11 is 0. The van der Waals surface area contributed by atoms with E-state index in [0.29, 0.717) is 35.3 Å². The summed E-state index contributed by atoms with van der Waals surface area (Å²) in [6.45, 7) is 2.68. The van der Waals surface area contributed by atoms with Gasteiger partial charge in [-0.1, -0.05) is 25.1 Å². The molecule has 0 bridgehead atoms. The number of carbonyl (C=O) groups is 2. The molecule has 0 spiro atoms. The minimum Gasteiger partial charge on any atom is -0.497 e. The zero-order valence-electron chi connectivity index (χ0n) is 20.5. The standard InChI is InChI=1S/C27H34N2O5/c1-18-8-11-21(12-9-18)28-17-25(30)29(16-19-6-5-7-22(14-19)32-2)26(27(28)31)20-10-13-23(33-3)24(15-20)34-4/h5-7,10,13-15,18,21,26H,8-9,11-12,16-17H2,1-4H3. The van der Waals surface area contributed by atoms with Crippen molar-refractivity contribution in [1.29, 1.82) is 0 Å². The monoisotopic (exact) mass is 466 g/mol. The van der Waals surface area contributed by atoms with Crippen molar-refractivity contribution in [2.24, 2.45) is 5.92 Å². The molecule has 2 fully saturated rings. The number of piperazine rings is 1. The highest BCUT2D eigenvalue weighted by atomic mass is 16.5. The lowest BCUT2D eigenvalue weighted by atomic mass is 9.85.